The highest BCUT2D eigenvalue weighted by Gasteiger charge is 2.24. The van der Waals surface area contributed by atoms with Gasteiger partial charge in [0, 0.05) is 47.4 Å². The summed E-state index contributed by atoms with van der Waals surface area (Å²) >= 11 is 12.4. The third kappa shape index (κ3) is 6.95. The van der Waals surface area contributed by atoms with Crippen molar-refractivity contribution in [1.29, 1.82) is 0 Å². The van der Waals surface area contributed by atoms with E-state index in [9.17, 15) is 19.2 Å². The Morgan fingerprint density at radius 2 is 1.08 bits per heavy atom. The second-order valence-electron chi connectivity index (χ2n) is 11.2. The number of methoxy groups -OCH3 is 2. The number of rotatable bonds is 12. The SMILES string of the molecule is COc1ccc(-c2cc3ccccn3c2C(=O)CCC(=O)OC(=O)CCC(=O)c2c(-c3ccc(Cl)c(Cl)c3)cc3ccccn23)cc1OC. The predicted octanol–water partition coefficient (Wildman–Crippen LogP) is 8.55. The second-order valence-corrected chi connectivity index (χ2v) is 12.0. The van der Waals surface area contributed by atoms with E-state index in [0.29, 0.717) is 49.6 Å². The molecule has 0 spiro atoms. The van der Waals surface area contributed by atoms with Crippen molar-refractivity contribution in [3.05, 3.63) is 119 Å². The van der Waals surface area contributed by atoms with Gasteiger partial charge in [0.25, 0.3) is 0 Å². The topological polar surface area (TPSA) is 105 Å². The van der Waals surface area contributed by atoms with Crippen molar-refractivity contribution < 1.29 is 33.4 Å². The minimum atomic E-state index is -0.859. The third-order valence-electron chi connectivity index (χ3n) is 8.15. The second kappa shape index (κ2) is 14.4. The van der Waals surface area contributed by atoms with Crippen LogP contribution >= 0.6 is 23.2 Å². The maximum absolute atomic E-state index is 13.6. The number of carbonyl (C=O) groups is 4. The molecule has 2 aromatic carbocycles. The molecule has 4 heterocycles. The van der Waals surface area contributed by atoms with Crippen LogP contribution in [0.3, 0.4) is 0 Å². The Hall–Kier alpha value is -5.38. The highest BCUT2D eigenvalue weighted by atomic mass is 35.5. The number of Topliss-reactive ketones (excluding diaryl/α,β-unsaturated/α-hetero) is 2. The number of carbonyl (C=O) groups excluding carboxylic acids is 4. The maximum Gasteiger partial charge on any atom is 0.313 e. The molecule has 0 radical (unpaired) electrons. The molecule has 0 aliphatic carbocycles. The predicted molar refractivity (Wildman–Crippen MR) is 187 cm³/mol. The Labute approximate surface area is 291 Å². The number of nitrogens with zero attached hydrogens (tertiary/aromatic N) is 2. The Morgan fingerprint density at radius 3 is 1.59 bits per heavy atom. The van der Waals surface area contributed by atoms with Crippen LogP contribution in [0.5, 0.6) is 11.5 Å². The highest BCUT2D eigenvalue weighted by molar-refractivity contribution is 6.42. The molecule has 6 aromatic rings. The van der Waals surface area contributed by atoms with E-state index < -0.39 is 11.9 Å². The molecule has 0 atom stereocenters. The molecule has 49 heavy (non-hydrogen) atoms. The number of hydrogen-bond acceptors (Lipinski definition) is 7. The molecule has 4 aromatic heterocycles. The van der Waals surface area contributed by atoms with Gasteiger partial charge in [0.2, 0.25) is 0 Å². The molecule has 0 fully saturated rings. The molecule has 11 heteroatoms. The fourth-order valence-electron chi connectivity index (χ4n) is 5.82. The summed E-state index contributed by atoms with van der Waals surface area (Å²) in [6.45, 7) is 0. The monoisotopic (exact) mass is 696 g/mol. The summed E-state index contributed by atoms with van der Waals surface area (Å²) in [6, 6.07) is 25.3. The molecule has 0 saturated carbocycles. The lowest BCUT2D eigenvalue weighted by molar-refractivity contribution is -0.159. The van der Waals surface area contributed by atoms with Crippen molar-refractivity contribution in [2.45, 2.75) is 25.7 Å². The molecule has 0 amide bonds. The standard InChI is InChI=1S/C38H30Cl2N2O7/c1-47-33-14-10-24(20-34(33)48-2)28-22-26-8-4-6-18-42(26)38(28)32(44)13-16-36(46)49-35(45)15-12-31(43)37-27(21-25-7-3-5-17-41(25)37)23-9-11-29(39)30(40)19-23/h3-11,14,17-22H,12-13,15-16H2,1-2H3. The summed E-state index contributed by atoms with van der Waals surface area (Å²) in [7, 11) is 3.07. The fraction of sp³-hybridized carbons (Fsp3) is 0.158. The van der Waals surface area contributed by atoms with Gasteiger partial charge in [-0.25, -0.2) is 0 Å². The maximum atomic E-state index is 13.6. The first-order valence-electron chi connectivity index (χ1n) is 15.4. The van der Waals surface area contributed by atoms with Crippen molar-refractivity contribution in [3.8, 4) is 33.8 Å². The van der Waals surface area contributed by atoms with E-state index in [1.807, 2.05) is 42.5 Å². The zero-order chi connectivity index (χ0) is 34.7. The van der Waals surface area contributed by atoms with Crippen LogP contribution in [-0.4, -0.2) is 46.5 Å². The van der Waals surface area contributed by atoms with Gasteiger partial charge in [0.1, 0.15) is 0 Å². The first-order valence-corrected chi connectivity index (χ1v) is 16.1. The van der Waals surface area contributed by atoms with Crippen LogP contribution < -0.4 is 9.47 Å². The largest absolute Gasteiger partial charge is 0.493 e. The smallest absolute Gasteiger partial charge is 0.313 e. The normalized spacial score (nSPS) is 11.1. The zero-order valence-electron chi connectivity index (χ0n) is 26.6. The average molecular weight is 698 g/mol. The first-order chi connectivity index (χ1) is 23.7. The number of hydrogen-bond donors (Lipinski definition) is 0. The van der Waals surface area contributed by atoms with Crippen molar-refractivity contribution in [2.75, 3.05) is 14.2 Å². The van der Waals surface area contributed by atoms with Crippen molar-refractivity contribution in [2.24, 2.45) is 0 Å². The lowest BCUT2D eigenvalue weighted by Gasteiger charge is -2.11. The van der Waals surface area contributed by atoms with E-state index in [0.717, 1.165) is 16.6 Å². The van der Waals surface area contributed by atoms with Crippen LogP contribution in [0.2, 0.25) is 10.0 Å². The molecule has 0 N–H and O–H groups in total. The number of halogens is 2. The van der Waals surface area contributed by atoms with Crippen LogP contribution in [0.15, 0.2) is 97.3 Å². The zero-order valence-corrected chi connectivity index (χ0v) is 28.1. The van der Waals surface area contributed by atoms with E-state index in [1.54, 1.807) is 70.8 Å². The van der Waals surface area contributed by atoms with E-state index in [-0.39, 0.29) is 37.2 Å². The van der Waals surface area contributed by atoms with Gasteiger partial charge in [-0.05, 0) is 71.8 Å². The third-order valence-corrected chi connectivity index (χ3v) is 8.89. The number of pyridine rings is 2. The quantitative estimate of drug-likeness (QED) is 0.0717. The van der Waals surface area contributed by atoms with Crippen molar-refractivity contribution in [1.82, 2.24) is 8.80 Å². The van der Waals surface area contributed by atoms with Crippen molar-refractivity contribution in [3.63, 3.8) is 0 Å². The van der Waals surface area contributed by atoms with Gasteiger partial charge < -0.3 is 23.0 Å². The van der Waals surface area contributed by atoms with E-state index in [4.69, 9.17) is 37.4 Å². The lowest BCUT2D eigenvalue weighted by atomic mass is 10.0. The number of esters is 2. The van der Waals surface area contributed by atoms with Crippen LogP contribution in [0.4, 0.5) is 0 Å². The van der Waals surface area contributed by atoms with Crippen LogP contribution in [0.1, 0.15) is 46.7 Å². The summed E-state index contributed by atoms with van der Waals surface area (Å²) in [5.41, 5.74) is 5.00. The number of ether oxygens (including phenoxy) is 3. The molecular weight excluding hydrogens is 667 g/mol. The summed E-state index contributed by atoms with van der Waals surface area (Å²) in [5, 5.41) is 0.729. The number of benzene rings is 2. The lowest BCUT2D eigenvalue weighted by Crippen LogP contribution is -2.16. The number of fused-ring (bicyclic) bond motifs is 2. The average Bonchev–Trinajstić information content (AvgIpc) is 3.70. The molecule has 0 saturated heterocycles. The minimum Gasteiger partial charge on any atom is -0.493 e. The van der Waals surface area contributed by atoms with Gasteiger partial charge in [-0.3, -0.25) is 19.2 Å². The van der Waals surface area contributed by atoms with Gasteiger partial charge >= 0.3 is 11.9 Å². The number of aromatic nitrogens is 2. The summed E-state index contributed by atoms with van der Waals surface area (Å²) < 4.78 is 19.3. The Bertz CT molecular complexity index is 2250. The van der Waals surface area contributed by atoms with Gasteiger partial charge in [-0.15, -0.1) is 0 Å². The Balaban J connectivity index is 1.12. The van der Waals surface area contributed by atoms with Crippen molar-refractivity contribution >= 4 is 57.7 Å². The van der Waals surface area contributed by atoms with Gasteiger partial charge in [0.15, 0.2) is 23.1 Å². The summed E-state index contributed by atoms with van der Waals surface area (Å²) in [6.07, 6.45) is 2.47. The minimum absolute atomic E-state index is 0.199. The molecule has 0 unspecified atom stereocenters. The van der Waals surface area contributed by atoms with E-state index in [1.165, 1.54) is 7.11 Å². The molecule has 248 valence electrons. The van der Waals surface area contributed by atoms with E-state index >= 15 is 0 Å². The molecule has 6 rings (SSSR count). The Kier molecular flexibility index (Phi) is 9.85. The molecule has 0 bridgehead atoms. The van der Waals surface area contributed by atoms with E-state index in [2.05, 4.69) is 0 Å². The molecular formula is C38H30Cl2N2O7. The molecule has 9 nitrogen and oxygen atoms in total. The van der Waals surface area contributed by atoms with Gasteiger partial charge in [-0.2, -0.15) is 0 Å². The first kappa shape index (κ1) is 33.5. The van der Waals surface area contributed by atoms with Crippen LogP contribution in [0.25, 0.3) is 33.3 Å². The van der Waals surface area contributed by atoms with Crippen LogP contribution in [-0.2, 0) is 14.3 Å². The fourth-order valence-corrected chi connectivity index (χ4v) is 6.12. The van der Waals surface area contributed by atoms with Crippen LogP contribution in [0, 0.1) is 0 Å². The summed E-state index contributed by atoms with van der Waals surface area (Å²) in [5.74, 6) is -1.30. The number of ketones is 2. The van der Waals surface area contributed by atoms with Gasteiger partial charge in [-0.1, -0.05) is 47.5 Å². The molecule has 0 aliphatic heterocycles. The van der Waals surface area contributed by atoms with Gasteiger partial charge in [0.05, 0.1) is 48.5 Å². The summed E-state index contributed by atoms with van der Waals surface area (Å²) in [4.78, 5) is 52.5. The molecule has 0 aliphatic rings. The Morgan fingerprint density at radius 1 is 0.571 bits per heavy atom. The highest BCUT2D eigenvalue weighted by Crippen LogP contribution is 2.36.